The molecule has 104 valence electrons. The van der Waals surface area contributed by atoms with Crippen LogP contribution in [-0.4, -0.2) is 61.0 Å². The van der Waals surface area contributed by atoms with Crippen LogP contribution in [0, 0.1) is 5.92 Å². The summed E-state index contributed by atoms with van der Waals surface area (Å²) in [5.41, 5.74) is 0. The number of carbonyl (C=O) groups excluding carboxylic acids is 1. The maximum atomic E-state index is 12.3. The van der Waals surface area contributed by atoms with Gasteiger partial charge in [-0.15, -0.1) is 0 Å². The highest BCUT2D eigenvalue weighted by atomic mass is 16.2. The zero-order valence-corrected chi connectivity index (χ0v) is 11.8. The molecule has 1 N–H and O–H groups in total. The van der Waals surface area contributed by atoms with Crippen LogP contribution in [0.1, 0.15) is 33.1 Å². The first kappa shape index (κ1) is 13.8. The van der Waals surface area contributed by atoms with Gasteiger partial charge < -0.3 is 10.2 Å². The summed E-state index contributed by atoms with van der Waals surface area (Å²) < 4.78 is 0. The van der Waals surface area contributed by atoms with Crippen LogP contribution in [0.15, 0.2) is 0 Å². The molecule has 0 aliphatic carbocycles. The summed E-state index contributed by atoms with van der Waals surface area (Å²) in [5, 5.41) is 3.38. The Kier molecular flexibility index (Phi) is 5.01. The third-order valence-electron chi connectivity index (χ3n) is 4.29. The van der Waals surface area contributed by atoms with E-state index in [9.17, 15) is 4.79 Å². The molecule has 2 aliphatic heterocycles. The van der Waals surface area contributed by atoms with Gasteiger partial charge in [0, 0.05) is 51.2 Å². The second kappa shape index (κ2) is 6.53. The molecule has 2 atom stereocenters. The predicted molar refractivity (Wildman–Crippen MR) is 73.5 cm³/mol. The van der Waals surface area contributed by atoms with Gasteiger partial charge in [-0.25, -0.2) is 0 Å². The van der Waals surface area contributed by atoms with E-state index in [0.29, 0.717) is 11.9 Å². The van der Waals surface area contributed by atoms with E-state index in [-0.39, 0.29) is 5.92 Å². The Labute approximate surface area is 111 Å². The first-order chi connectivity index (χ1) is 8.72. The van der Waals surface area contributed by atoms with Crippen LogP contribution < -0.4 is 5.32 Å². The fraction of sp³-hybridized carbons (Fsp3) is 0.929. The Morgan fingerprint density at radius 2 is 2.06 bits per heavy atom. The lowest BCUT2D eigenvalue weighted by Gasteiger charge is -2.32. The molecule has 0 aromatic heterocycles. The van der Waals surface area contributed by atoms with Gasteiger partial charge in [-0.3, -0.25) is 9.69 Å². The van der Waals surface area contributed by atoms with Crippen LogP contribution in [0.25, 0.3) is 0 Å². The van der Waals surface area contributed by atoms with Gasteiger partial charge >= 0.3 is 0 Å². The maximum Gasteiger partial charge on any atom is 0.225 e. The lowest BCUT2D eigenvalue weighted by molar-refractivity contribution is -0.134. The van der Waals surface area contributed by atoms with Gasteiger partial charge in [0.15, 0.2) is 0 Å². The van der Waals surface area contributed by atoms with Gasteiger partial charge in [-0.2, -0.15) is 0 Å². The van der Waals surface area contributed by atoms with E-state index >= 15 is 0 Å². The summed E-state index contributed by atoms with van der Waals surface area (Å²) in [6.45, 7) is 10.6. The average Bonchev–Trinajstić information content (AvgIpc) is 2.89. The fourth-order valence-corrected chi connectivity index (χ4v) is 3.16. The van der Waals surface area contributed by atoms with Crippen LogP contribution in [0.3, 0.4) is 0 Å². The van der Waals surface area contributed by atoms with E-state index in [0.717, 1.165) is 58.5 Å². The SMILES string of the molecule is CCCC(C)C(=O)N1CCC(N2CCNCC2)C1. The molecule has 0 radical (unpaired) electrons. The normalized spacial score (nSPS) is 27.4. The van der Waals surface area contributed by atoms with Crippen LogP contribution in [0.2, 0.25) is 0 Å². The van der Waals surface area contributed by atoms with E-state index < -0.39 is 0 Å². The molecule has 2 saturated heterocycles. The van der Waals surface area contributed by atoms with Crippen molar-refractivity contribution in [2.75, 3.05) is 39.3 Å². The quantitative estimate of drug-likeness (QED) is 0.809. The number of piperazine rings is 1. The molecule has 0 aromatic rings. The van der Waals surface area contributed by atoms with Crippen molar-refractivity contribution < 1.29 is 4.79 Å². The summed E-state index contributed by atoms with van der Waals surface area (Å²) in [4.78, 5) is 16.9. The lowest BCUT2D eigenvalue weighted by atomic mass is 10.1. The molecule has 2 rings (SSSR count). The fourth-order valence-electron chi connectivity index (χ4n) is 3.16. The summed E-state index contributed by atoms with van der Waals surface area (Å²) in [6, 6.07) is 0.602. The molecular formula is C14H27N3O. The smallest absolute Gasteiger partial charge is 0.225 e. The summed E-state index contributed by atoms with van der Waals surface area (Å²) in [7, 11) is 0. The molecule has 0 bridgehead atoms. The second-order valence-corrected chi connectivity index (χ2v) is 5.70. The van der Waals surface area contributed by atoms with E-state index in [1.54, 1.807) is 0 Å². The molecule has 2 fully saturated rings. The molecule has 0 spiro atoms. The largest absolute Gasteiger partial charge is 0.341 e. The Morgan fingerprint density at radius 1 is 1.33 bits per heavy atom. The number of hydrogen-bond acceptors (Lipinski definition) is 3. The van der Waals surface area contributed by atoms with Crippen molar-refractivity contribution in [1.82, 2.24) is 15.1 Å². The highest BCUT2D eigenvalue weighted by Crippen LogP contribution is 2.19. The van der Waals surface area contributed by atoms with Crippen LogP contribution in [0.4, 0.5) is 0 Å². The number of hydrogen-bond donors (Lipinski definition) is 1. The molecule has 2 unspecified atom stereocenters. The monoisotopic (exact) mass is 253 g/mol. The Balaban J connectivity index is 1.81. The summed E-state index contributed by atoms with van der Waals surface area (Å²) >= 11 is 0. The standard InChI is InChI=1S/C14H27N3O/c1-3-4-12(2)14(18)17-8-5-13(11-17)16-9-6-15-7-10-16/h12-13,15H,3-11H2,1-2H3. The van der Waals surface area contributed by atoms with Crippen molar-refractivity contribution in [3.63, 3.8) is 0 Å². The molecule has 2 aliphatic rings. The van der Waals surface area contributed by atoms with Crippen molar-refractivity contribution in [1.29, 1.82) is 0 Å². The number of rotatable bonds is 4. The van der Waals surface area contributed by atoms with Gasteiger partial charge in [-0.05, 0) is 12.8 Å². The lowest BCUT2D eigenvalue weighted by Crippen LogP contribution is -2.49. The van der Waals surface area contributed by atoms with Crippen molar-refractivity contribution in [3.8, 4) is 0 Å². The van der Waals surface area contributed by atoms with Gasteiger partial charge in [-0.1, -0.05) is 20.3 Å². The van der Waals surface area contributed by atoms with Crippen LogP contribution >= 0.6 is 0 Å². The second-order valence-electron chi connectivity index (χ2n) is 5.70. The van der Waals surface area contributed by atoms with Crippen LogP contribution in [-0.2, 0) is 4.79 Å². The maximum absolute atomic E-state index is 12.3. The molecule has 4 heteroatoms. The van der Waals surface area contributed by atoms with Gasteiger partial charge in [0.1, 0.15) is 0 Å². The number of nitrogens with one attached hydrogen (secondary N) is 1. The highest BCUT2D eigenvalue weighted by Gasteiger charge is 2.32. The molecule has 2 heterocycles. The van der Waals surface area contributed by atoms with Gasteiger partial charge in [0.05, 0.1) is 0 Å². The number of carbonyl (C=O) groups is 1. The highest BCUT2D eigenvalue weighted by molar-refractivity contribution is 5.78. The molecule has 18 heavy (non-hydrogen) atoms. The van der Waals surface area contributed by atoms with Crippen LogP contribution in [0.5, 0.6) is 0 Å². The van der Waals surface area contributed by atoms with Gasteiger partial charge in [0.2, 0.25) is 5.91 Å². The Morgan fingerprint density at radius 3 is 2.72 bits per heavy atom. The third kappa shape index (κ3) is 3.23. The van der Waals surface area contributed by atoms with Gasteiger partial charge in [0.25, 0.3) is 0 Å². The number of nitrogens with zero attached hydrogens (tertiary/aromatic N) is 2. The summed E-state index contributed by atoms with van der Waals surface area (Å²) in [5.74, 6) is 0.575. The van der Waals surface area contributed by atoms with E-state index in [4.69, 9.17) is 0 Å². The zero-order valence-electron chi connectivity index (χ0n) is 11.8. The minimum atomic E-state index is 0.205. The zero-order chi connectivity index (χ0) is 13.0. The summed E-state index contributed by atoms with van der Waals surface area (Å²) in [6.07, 6.45) is 3.28. The molecule has 0 aromatic carbocycles. The van der Waals surface area contributed by atoms with E-state index in [1.807, 2.05) is 0 Å². The average molecular weight is 253 g/mol. The Bertz CT molecular complexity index is 276. The Hall–Kier alpha value is -0.610. The first-order valence-corrected chi connectivity index (χ1v) is 7.46. The van der Waals surface area contributed by atoms with E-state index in [1.165, 1.54) is 0 Å². The minimum Gasteiger partial charge on any atom is -0.341 e. The number of amides is 1. The van der Waals surface area contributed by atoms with Crippen molar-refractivity contribution in [2.24, 2.45) is 5.92 Å². The first-order valence-electron chi connectivity index (χ1n) is 7.46. The third-order valence-corrected chi connectivity index (χ3v) is 4.29. The van der Waals surface area contributed by atoms with E-state index in [2.05, 4.69) is 29.0 Å². The molecule has 4 nitrogen and oxygen atoms in total. The topological polar surface area (TPSA) is 35.6 Å². The van der Waals surface area contributed by atoms with Crippen molar-refractivity contribution in [3.05, 3.63) is 0 Å². The minimum absolute atomic E-state index is 0.205. The molecular weight excluding hydrogens is 226 g/mol. The molecule has 0 saturated carbocycles. The predicted octanol–water partition coefficient (Wildman–Crippen LogP) is 0.929. The van der Waals surface area contributed by atoms with Crippen molar-refractivity contribution >= 4 is 5.91 Å². The molecule has 1 amide bonds. The number of likely N-dealkylation sites (tertiary alicyclic amines) is 1. The van der Waals surface area contributed by atoms with Crippen molar-refractivity contribution in [2.45, 2.75) is 39.2 Å².